The number of carbonyl (C=O) groups excluding carboxylic acids is 1. The minimum atomic E-state index is -0.773. The Bertz CT molecular complexity index is 357. The number of rotatable bonds is 7. The summed E-state index contributed by atoms with van der Waals surface area (Å²) in [5, 5.41) is 9.21. The van der Waals surface area contributed by atoms with Crippen molar-refractivity contribution in [1.29, 1.82) is 0 Å². The lowest BCUT2D eigenvalue weighted by molar-refractivity contribution is -0.143. The number of carboxylic acids is 1. The Kier molecular flexibility index (Phi) is 6.69. The fourth-order valence-corrected chi connectivity index (χ4v) is 3.45. The van der Waals surface area contributed by atoms with E-state index in [9.17, 15) is 14.7 Å². The van der Waals surface area contributed by atoms with Gasteiger partial charge < -0.3 is 10.0 Å². The first-order valence-electron chi connectivity index (χ1n) is 8.27. The van der Waals surface area contributed by atoms with Gasteiger partial charge in [-0.1, -0.05) is 33.1 Å². The number of hydrogen-bond acceptors (Lipinski definition) is 2. The van der Waals surface area contributed by atoms with Crippen LogP contribution in [0.3, 0.4) is 0 Å². The highest BCUT2D eigenvalue weighted by Crippen LogP contribution is 2.42. The van der Waals surface area contributed by atoms with Crippen molar-refractivity contribution in [2.75, 3.05) is 6.54 Å². The highest BCUT2D eigenvalue weighted by molar-refractivity contribution is 5.78. The van der Waals surface area contributed by atoms with Crippen LogP contribution in [-0.4, -0.2) is 34.5 Å². The number of hydrogen-bond donors (Lipinski definition) is 1. The van der Waals surface area contributed by atoms with E-state index in [4.69, 9.17) is 0 Å². The van der Waals surface area contributed by atoms with Crippen molar-refractivity contribution >= 4 is 11.9 Å². The predicted octanol–water partition coefficient (Wildman–Crippen LogP) is 3.69. The maximum absolute atomic E-state index is 12.7. The smallest absolute Gasteiger partial charge is 0.303 e. The minimum absolute atomic E-state index is 0.127. The van der Waals surface area contributed by atoms with Crippen molar-refractivity contribution in [3.8, 4) is 0 Å². The Morgan fingerprint density at radius 3 is 2.05 bits per heavy atom. The highest BCUT2D eigenvalue weighted by atomic mass is 16.4. The molecule has 4 nitrogen and oxygen atoms in total. The van der Waals surface area contributed by atoms with Crippen LogP contribution in [0.25, 0.3) is 0 Å². The Morgan fingerprint density at radius 1 is 1.05 bits per heavy atom. The molecule has 0 aromatic carbocycles. The van der Waals surface area contributed by atoms with E-state index in [-0.39, 0.29) is 23.8 Å². The van der Waals surface area contributed by atoms with Gasteiger partial charge >= 0.3 is 5.97 Å². The van der Waals surface area contributed by atoms with Crippen LogP contribution in [0.5, 0.6) is 0 Å². The summed E-state index contributed by atoms with van der Waals surface area (Å²) in [6.07, 6.45) is 5.53. The summed E-state index contributed by atoms with van der Waals surface area (Å²) in [6, 6.07) is 0.172. The molecule has 1 amide bonds. The van der Waals surface area contributed by atoms with Crippen molar-refractivity contribution < 1.29 is 14.7 Å². The van der Waals surface area contributed by atoms with Gasteiger partial charge in [0.1, 0.15) is 0 Å². The summed E-state index contributed by atoms with van der Waals surface area (Å²) in [7, 11) is 0. The molecule has 1 aliphatic rings. The van der Waals surface area contributed by atoms with E-state index in [1.807, 2.05) is 18.7 Å². The Morgan fingerprint density at radius 2 is 1.62 bits per heavy atom. The molecule has 1 fully saturated rings. The van der Waals surface area contributed by atoms with E-state index in [0.29, 0.717) is 12.3 Å². The summed E-state index contributed by atoms with van der Waals surface area (Å²) < 4.78 is 0. The van der Waals surface area contributed by atoms with Gasteiger partial charge in [-0.05, 0) is 38.0 Å². The quantitative estimate of drug-likeness (QED) is 0.779. The molecule has 0 bridgehead atoms. The SMILES string of the molecule is CC(C)CN(C(=O)CC1(CC(=O)O)CCCCC1)C(C)C. The van der Waals surface area contributed by atoms with Crippen LogP contribution >= 0.6 is 0 Å². The second-order valence-electron chi connectivity index (χ2n) is 7.34. The third-order valence-corrected chi connectivity index (χ3v) is 4.47. The normalized spacial score (nSPS) is 18.0. The van der Waals surface area contributed by atoms with Crippen molar-refractivity contribution in [1.82, 2.24) is 4.90 Å². The molecule has 1 aliphatic carbocycles. The van der Waals surface area contributed by atoms with Gasteiger partial charge in [-0.25, -0.2) is 0 Å². The van der Waals surface area contributed by atoms with Crippen LogP contribution in [0, 0.1) is 11.3 Å². The largest absolute Gasteiger partial charge is 0.481 e. The third-order valence-electron chi connectivity index (χ3n) is 4.47. The molecule has 21 heavy (non-hydrogen) atoms. The van der Waals surface area contributed by atoms with Gasteiger partial charge in [0.05, 0.1) is 6.42 Å². The molecule has 0 saturated heterocycles. The number of carboxylic acid groups (broad SMARTS) is 1. The van der Waals surface area contributed by atoms with E-state index in [1.165, 1.54) is 0 Å². The number of carbonyl (C=O) groups is 2. The van der Waals surface area contributed by atoms with Gasteiger partial charge in [0.2, 0.25) is 5.91 Å². The lowest BCUT2D eigenvalue weighted by Crippen LogP contribution is -2.43. The maximum Gasteiger partial charge on any atom is 0.303 e. The first kappa shape index (κ1) is 18.0. The second kappa shape index (κ2) is 7.81. The first-order valence-corrected chi connectivity index (χ1v) is 8.27. The zero-order valence-corrected chi connectivity index (χ0v) is 14.0. The molecule has 122 valence electrons. The van der Waals surface area contributed by atoms with E-state index in [2.05, 4.69) is 13.8 Å². The van der Waals surface area contributed by atoms with Gasteiger partial charge in [-0.15, -0.1) is 0 Å². The van der Waals surface area contributed by atoms with E-state index in [0.717, 1.165) is 38.6 Å². The van der Waals surface area contributed by atoms with Crippen LogP contribution in [-0.2, 0) is 9.59 Å². The van der Waals surface area contributed by atoms with E-state index >= 15 is 0 Å². The van der Waals surface area contributed by atoms with Crippen molar-refractivity contribution in [2.45, 2.75) is 78.7 Å². The van der Waals surface area contributed by atoms with Gasteiger partial charge in [-0.3, -0.25) is 9.59 Å². The average molecular weight is 297 g/mol. The average Bonchev–Trinajstić information content (AvgIpc) is 2.35. The van der Waals surface area contributed by atoms with Crippen molar-refractivity contribution in [3.63, 3.8) is 0 Å². The molecule has 1 rings (SSSR count). The van der Waals surface area contributed by atoms with Gasteiger partial charge in [0.25, 0.3) is 0 Å². The molecule has 0 spiro atoms. The summed E-state index contributed by atoms with van der Waals surface area (Å²) in [5.41, 5.74) is -0.314. The molecular weight excluding hydrogens is 266 g/mol. The van der Waals surface area contributed by atoms with Gasteiger partial charge in [-0.2, -0.15) is 0 Å². The van der Waals surface area contributed by atoms with Crippen molar-refractivity contribution in [3.05, 3.63) is 0 Å². The molecule has 0 radical (unpaired) electrons. The molecule has 0 aromatic rings. The molecule has 0 heterocycles. The molecule has 1 saturated carbocycles. The topological polar surface area (TPSA) is 57.6 Å². The molecule has 1 N–H and O–H groups in total. The molecule has 0 atom stereocenters. The maximum atomic E-state index is 12.7. The number of aliphatic carboxylic acids is 1. The summed E-state index contributed by atoms with van der Waals surface area (Å²) in [6.45, 7) is 9.03. The Balaban J connectivity index is 2.80. The van der Waals surface area contributed by atoms with Crippen LogP contribution in [0.1, 0.15) is 72.6 Å². The second-order valence-corrected chi connectivity index (χ2v) is 7.34. The Hall–Kier alpha value is -1.06. The fraction of sp³-hybridized carbons (Fsp3) is 0.882. The Labute approximate surface area is 128 Å². The minimum Gasteiger partial charge on any atom is -0.481 e. The third kappa shape index (κ3) is 5.68. The van der Waals surface area contributed by atoms with Crippen LogP contribution in [0.15, 0.2) is 0 Å². The van der Waals surface area contributed by atoms with E-state index in [1.54, 1.807) is 0 Å². The monoisotopic (exact) mass is 297 g/mol. The highest BCUT2D eigenvalue weighted by Gasteiger charge is 2.38. The molecular formula is C17H31NO3. The number of nitrogens with zero attached hydrogens (tertiary/aromatic N) is 1. The molecule has 4 heteroatoms. The van der Waals surface area contributed by atoms with Crippen molar-refractivity contribution in [2.24, 2.45) is 11.3 Å². The summed E-state index contributed by atoms with van der Waals surface area (Å²) in [5.74, 6) is -0.218. The fourth-order valence-electron chi connectivity index (χ4n) is 3.45. The van der Waals surface area contributed by atoms with E-state index < -0.39 is 5.97 Å². The predicted molar refractivity (Wildman–Crippen MR) is 84.1 cm³/mol. The van der Waals surface area contributed by atoms with Crippen LogP contribution in [0.2, 0.25) is 0 Å². The molecule has 0 unspecified atom stereocenters. The van der Waals surface area contributed by atoms with Gasteiger partial charge in [0.15, 0.2) is 0 Å². The van der Waals surface area contributed by atoms with Gasteiger partial charge in [0, 0.05) is 19.0 Å². The zero-order chi connectivity index (χ0) is 16.0. The zero-order valence-electron chi connectivity index (χ0n) is 14.0. The first-order chi connectivity index (χ1) is 9.76. The lowest BCUT2D eigenvalue weighted by atomic mass is 9.69. The standard InChI is InChI=1S/C17H31NO3/c1-13(2)12-18(14(3)4)15(19)10-17(11-16(20)21)8-6-5-7-9-17/h13-14H,5-12H2,1-4H3,(H,20,21). The summed E-state index contributed by atoms with van der Waals surface area (Å²) in [4.78, 5) is 25.8. The van der Waals surface area contributed by atoms with Crippen LogP contribution in [0.4, 0.5) is 0 Å². The molecule has 0 aromatic heterocycles. The lowest BCUT2D eigenvalue weighted by Gasteiger charge is -2.38. The summed E-state index contributed by atoms with van der Waals surface area (Å²) >= 11 is 0. The van der Waals surface area contributed by atoms with Crippen LogP contribution < -0.4 is 0 Å². The number of amides is 1. The molecule has 0 aliphatic heterocycles.